The third kappa shape index (κ3) is 1.05. The van der Waals surface area contributed by atoms with Crippen LogP contribution in [-0.4, -0.2) is 15.6 Å². The highest BCUT2D eigenvalue weighted by molar-refractivity contribution is 5.87. The molecule has 12 heavy (non-hydrogen) atoms. The van der Waals surface area contributed by atoms with Crippen molar-refractivity contribution in [2.24, 2.45) is 7.05 Å². The van der Waals surface area contributed by atoms with Crippen molar-refractivity contribution in [2.45, 2.75) is 25.2 Å². The fourth-order valence-corrected chi connectivity index (χ4v) is 1.85. The van der Waals surface area contributed by atoms with Gasteiger partial charge in [0.15, 0.2) is 0 Å². The van der Waals surface area contributed by atoms with Gasteiger partial charge >= 0.3 is 0 Å². The summed E-state index contributed by atoms with van der Waals surface area (Å²) in [5.41, 5.74) is 1.07. The van der Waals surface area contributed by atoms with Crippen molar-refractivity contribution < 1.29 is 4.79 Å². The van der Waals surface area contributed by atoms with Crippen LogP contribution >= 0.6 is 0 Å². The highest BCUT2D eigenvalue weighted by atomic mass is 16.1. The molecule has 3 heteroatoms. The fraction of sp³-hybridized carbons (Fsp3) is 0.556. The van der Waals surface area contributed by atoms with Gasteiger partial charge in [0, 0.05) is 25.4 Å². The largest absolute Gasteiger partial charge is 0.299 e. The van der Waals surface area contributed by atoms with E-state index in [-0.39, 0.29) is 5.92 Å². The number of ketones is 1. The molecule has 0 aliphatic heterocycles. The van der Waals surface area contributed by atoms with Crippen LogP contribution in [0.1, 0.15) is 30.9 Å². The molecule has 0 N–H and O–H groups in total. The van der Waals surface area contributed by atoms with Gasteiger partial charge in [-0.1, -0.05) is 0 Å². The molecule has 0 saturated heterocycles. The third-order valence-corrected chi connectivity index (χ3v) is 2.52. The van der Waals surface area contributed by atoms with Crippen LogP contribution in [0.25, 0.3) is 0 Å². The number of nitrogens with zero attached hydrogens (tertiary/aromatic N) is 2. The van der Waals surface area contributed by atoms with Crippen molar-refractivity contribution in [3.8, 4) is 0 Å². The van der Waals surface area contributed by atoms with E-state index in [1.54, 1.807) is 10.9 Å². The molecule has 0 radical (unpaired) electrons. The second kappa shape index (κ2) is 2.73. The van der Waals surface area contributed by atoms with Gasteiger partial charge < -0.3 is 0 Å². The molecule has 0 amide bonds. The summed E-state index contributed by atoms with van der Waals surface area (Å²) in [5, 5.41) is 4.06. The van der Waals surface area contributed by atoms with Crippen molar-refractivity contribution in [1.82, 2.24) is 9.78 Å². The number of hydrogen-bond acceptors (Lipinski definition) is 2. The minimum atomic E-state index is 0.123. The summed E-state index contributed by atoms with van der Waals surface area (Å²) in [6, 6.07) is 1.94. The Hall–Kier alpha value is -1.12. The molecule has 3 nitrogen and oxygen atoms in total. The monoisotopic (exact) mass is 164 g/mol. The van der Waals surface area contributed by atoms with Crippen LogP contribution in [0, 0.1) is 0 Å². The second-order valence-corrected chi connectivity index (χ2v) is 3.29. The Bertz CT molecular complexity index is 303. The number of hydrogen-bond donors (Lipinski definition) is 0. The molecule has 1 unspecified atom stereocenters. The summed E-state index contributed by atoms with van der Waals surface area (Å²) in [6.07, 6.45) is 4.53. The Kier molecular flexibility index (Phi) is 1.71. The van der Waals surface area contributed by atoms with Gasteiger partial charge in [0.1, 0.15) is 5.78 Å². The molecule has 1 aliphatic rings. The molecule has 1 atom stereocenters. The molecule has 0 aromatic carbocycles. The third-order valence-electron chi connectivity index (χ3n) is 2.52. The van der Waals surface area contributed by atoms with Gasteiger partial charge in [0.25, 0.3) is 0 Å². The molecule has 64 valence electrons. The van der Waals surface area contributed by atoms with Crippen LogP contribution in [0.5, 0.6) is 0 Å². The van der Waals surface area contributed by atoms with Gasteiger partial charge in [-0.2, -0.15) is 5.10 Å². The molecule has 1 heterocycles. The van der Waals surface area contributed by atoms with Gasteiger partial charge in [-0.3, -0.25) is 9.48 Å². The van der Waals surface area contributed by atoms with Gasteiger partial charge in [-0.05, 0) is 18.9 Å². The molecular formula is C9H12N2O. The summed E-state index contributed by atoms with van der Waals surface area (Å²) in [4.78, 5) is 11.4. The van der Waals surface area contributed by atoms with Crippen LogP contribution in [0.4, 0.5) is 0 Å². The molecule has 0 spiro atoms. The molecule has 0 bridgehead atoms. The van der Waals surface area contributed by atoms with Crippen molar-refractivity contribution in [3.05, 3.63) is 18.0 Å². The zero-order valence-electron chi connectivity index (χ0n) is 7.16. The quantitative estimate of drug-likeness (QED) is 0.626. The summed E-state index contributed by atoms with van der Waals surface area (Å²) in [7, 11) is 1.89. The predicted molar refractivity (Wildman–Crippen MR) is 44.8 cm³/mol. The first-order chi connectivity index (χ1) is 5.79. The highest BCUT2D eigenvalue weighted by Crippen LogP contribution is 2.30. The van der Waals surface area contributed by atoms with E-state index in [0.29, 0.717) is 5.78 Å². The van der Waals surface area contributed by atoms with Crippen molar-refractivity contribution >= 4 is 5.78 Å². The first-order valence-corrected chi connectivity index (χ1v) is 4.29. The van der Waals surface area contributed by atoms with E-state index in [9.17, 15) is 4.79 Å². The summed E-state index contributed by atoms with van der Waals surface area (Å²) in [6.45, 7) is 0. The Labute approximate surface area is 71.4 Å². The van der Waals surface area contributed by atoms with E-state index in [4.69, 9.17) is 0 Å². The van der Waals surface area contributed by atoms with E-state index >= 15 is 0 Å². The normalized spacial score (nSPS) is 23.4. The van der Waals surface area contributed by atoms with Crippen molar-refractivity contribution in [2.75, 3.05) is 0 Å². The van der Waals surface area contributed by atoms with E-state index in [1.807, 2.05) is 13.1 Å². The van der Waals surface area contributed by atoms with Crippen molar-refractivity contribution in [1.29, 1.82) is 0 Å². The number of rotatable bonds is 1. The maximum atomic E-state index is 11.4. The number of Topliss-reactive ketones (excluding diaryl/α,β-unsaturated/α-hetero) is 1. The Morgan fingerprint density at radius 2 is 2.50 bits per heavy atom. The summed E-state index contributed by atoms with van der Waals surface area (Å²) in [5.74, 6) is 0.496. The van der Waals surface area contributed by atoms with Gasteiger partial charge in [-0.15, -0.1) is 0 Å². The average molecular weight is 164 g/mol. The molecule has 1 fully saturated rings. The number of carbonyl (C=O) groups excluding carboxylic acids is 1. The molecule has 1 aromatic heterocycles. The Morgan fingerprint density at radius 3 is 3.00 bits per heavy atom. The second-order valence-electron chi connectivity index (χ2n) is 3.29. The highest BCUT2D eigenvalue weighted by Gasteiger charge is 2.27. The van der Waals surface area contributed by atoms with Crippen LogP contribution in [0.2, 0.25) is 0 Å². The fourth-order valence-electron chi connectivity index (χ4n) is 1.85. The van der Waals surface area contributed by atoms with E-state index in [1.165, 1.54) is 0 Å². The topological polar surface area (TPSA) is 34.9 Å². The first kappa shape index (κ1) is 7.53. The standard InChI is InChI=1S/C9H12N2O/c1-11-8(5-6-10-11)7-3-2-4-9(7)12/h5-7H,2-4H2,1H3. The zero-order valence-corrected chi connectivity index (χ0v) is 7.16. The minimum Gasteiger partial charge on any atom is -0.299 e. The maximum Gasteiger partial charge on any atom is 0.141 e. The van der Waals surface area contributed by atoms with Crippen LogP contribution in [0.15, 0.2) is 12.3 Å². The molecule has 2 rings (SSSR count). The number of carbonyl (C=O) groups is 1. The molecule has 1 saturated carbocycles. The van der Waals surface area contributed by atoms with E-state index in [2.05, 4.69) is 5.10 Å². The SMILES string of the molecule is Cn1nccc1C1CCCC1=O. The van der Waals surface area contributed by atoms with Gasteiger partial charge in [0.05, 0.1) is 5.92 Å². The number of aryl methyl sites for hydroxylation is 1. The lowest BCUT2D eigenvalue weighted by Crippen LogP contribution is -2.09. The van der Waals surface area contributed by atoms with Crippen LogP contribution in [0.3, 0.4) is 0 Å². The maximum absolute atomic E-state index is 11.4. The predicted octanol–water partition coefficient (Wildman–Crippen LogP) is 1.26. The van der Waals surface area contributed by atoms with Crippen molar-refractivity contribution in [3.63, 3.8) is 0 Å². The summed E-state index contributed by atoms with van der Waals surface area (Å²) < 4.78 is 1.80. The smallest absolute Gasteiger partial charge is 0.141 e. The van der Waals surface area contributed by atoms with Gasteiger partial charge in [-0.25, -0.2) is 0 Å². The van der Waals surface area contributed by atoms with Gasteiger partial charge in [0.2, 0.25) is 0 Å². The lowest BCUT2D eigenvalue weighted by Gasteiger charge is -2.07. The minimum absolute atomic E-state index is 0.123. The first-order valence-electron chi connectivity index (χ1n) is 4.29. The average Bonchev–Trinajstić information content (AvgIpc) is 2.59. The van der Waals surface area contributed by atoms with E-state index in [0.717, 1.165) is 25.0 Å². The van der Waals surface area contributed by atoms with E-state index < -0.39 is 0 Å². The number of aromatic nitrogens is 2. The lowest BCUT2D eigenvalue weighted by atomic mass is 10.0. The molecule has 1 aliphatic carbocycles. The molecular weight excluding hydrogens is 152 g/mol. The molecule has 1 aromatic rings. The lowest BCUT2D eigenvalue weighted by molar-refractivity contribution is -0.118. The zero-order chi connectivity index (χ0) is 8.55. The van der Waals surface area contributed by atoms with Crippen LogP contribution < -0.4 is 0 Å². The Morgan fingerprint density at radius 1 is 1.67 bits per heavy atom. The summed E-state index contributed by atoms with van der Waals surface area (Å²) >= 11 is 0. The Balaban J connectivity index is 2.30. The van der Waals surface area contributed by atoms with Crippen LogP contribution in [-0.2, 0) is 11.8 Å².